The molecule has 3 aromatic carbocycles. The fourth-order valence-electron chi connectivity index (χ4n) is 4.24. The third-order valence-corrected chi connectivity index (χ3v) is 8.10. The lowest BCUT2D eigenvalue weighted by Gasteiger charge is -2.20. The van der Waals surface area contributed by atoms with Crippen molar-refractivity contribution in [2.24, 2.45) is 0 Å². The van der Waals surface area contributed by atoms with Crippen LogP contribution < -0.4 is 14.2 Å². The summed E-state index contributed by atoms with van der Waals surface area (Å²) >= 11 is 0. The molecule has 1 aliphatic rings. The van der Waals surface area contributed by atoms with Crippen molar-refractivity contribution < 1.29 is 32.5 Å². The second-order valence-corrected chi connectivity index (χ2v) is 10.6. The van der Waals surface area contributed by atoms with Crippen molar-refractivity contribution in [2.75, 3.05) is 7.11 Å². The summed E-state index contributed by atoms with van der Waals surface area (Å²) in [5.41, 5.74) is 0.329. The van der Waals surface area contributed by atoms with Crippen LogP contribution in [0.3, 0.4) is 0 Å². The summed E-state index contributed by atoms with van der Waals surface area (Å²) in [6.45, 7) is 0. The minimum absolute atomic E-state index is 0.00323. The Morgan fingerprint density at radius 3 is 2.34 bits per heavy atom. The van der Waals surface area contributed by atoms with E-state index in [2.05, 4.69) is 0 Å². The fraction of sp³-hybridized carbons (Fsp3) is 0.296. The maximum absolute atomic E-state index is 13.7. The molecular weight excluding hydrogens is 468 g/mol. The molecule has 35 heavy (non-hydrogen) atoms. The average Bonchev–Trinajstić information content (AvgIpc) is 3.36. The molecule has 0 aliphatic heterocycles. The zero-order chi connectivity index (χ0) is 24.8. The van der Waals surface area contributed by atoms with Gasteiger partial charge < -0.3 is 19.3 Å². The Labute approximate surface area is 205 Å². The molecule has 4 rings (SSSR count). The zero-order valence-corrected chi connectivity index (χ0v) is 20.2. The van der Waals surface area contributed by atoms with Crippen LogP contribution in [0.2, 0.25) is 0 Å². The van der Waals surface area contributed by atoms with Crippen LogP contribution in [0.15, 0.2) is 77.7 Å². The topological polar surface area (TPSA) is 99.1 Å². The van der Waals surface area contributed by atoms with Crippen LogP contribution in [0.4, 0.5) is 0 Å². The molecule has 184 valence electrons. The van der Waals surface area contributed by atoms with Gasteiger partial charge in [0.2, 0.25) is 0 Å². The van der Waals surface area contributed by atoms with Gasteiger partial charge in [0.25, 0.3) is 0 Å². The number of ether oxygens (including phenoxy) is 3. The Hall–Kier alpha value is -3.52. The third-order valence-electron chi connectivity index (χ3n) is 6.00. The quantitative estimate of drug-likeness (QED) is 0.379. The standard InChI is InChI=1S/C27H28O7S/c1-32-24-15-14-23(17-25(24)34-21-11-5-6-12-21)35(30,31)26(18-27(28)29)19-8-7-13-22(16-19)33-20-9-3-2-4-10-20/h2-4,7-10,13-17,21,26H,5-6,11-12,18H2,1H3,(H,28,29). The summed E-state index contributed by atoms with van der Waals surface area (Å²) in [7, 11) is -2.60. The van der Waals surface area contributed by atoms with Crippen LogP contribution in [0.5, 0.6) is 23.0 Å². The van der Waals surface area contributed by atoms with Gasteiger partial charge in [-0.2, -0.15) is 0 Å². The molecule has 0 heterocycles. The van der Waals surface area contributed by atoms with Gasteiger partial charge in [0, 0.05) is 6.07 Å². The van der Waals surface area contributed by atoms with Crippen LogP contribution in [0.25, 0.3) is 0 Å². The summed E-state index contributed by atoms with van der Waals surface area (Å²) in [6.07, 6.45) is 3.33. The van der Waals surface area contributed by atoms with Gasteiger partial charge in [-0.05, 0) is 67.6 Å². The molecule has 0 bridgehead atoms. The Morgan fingerprint density at radius 1 is 0.943 bits per heavy atom. The SMILES string of the molecule is COc1ccc(S(=O)(=O)C(CC(=O)O)c2cccc(Oc3ccccc3)c2)cc1OC1CCCC1. The number of hydrogen-bond acceptors (Lipinski definition) is 6. The Balaban J connectivity index is 1.68. The number of benzene rings is 3. The highest BCUT2D eigenvalue weighted by Crippen LogP contribution is 2.39. The zero-order valence-electron chi connectivity index (χ0n) is 19.4. The molecule has 3 aromatic rings. The van der Waals surface area contributed by atoms with Crippen molar-refractivity contribution in [3.05, 3.63) is 78.4 Å². The molecule has 0 aromatic heterocycles. The average molecular weight is 497 g/mol. The monoisotopic (exact) mass is 496 g/mol. The van der Waals surface area contributed by atoms with Gasteiger partial charge in [0.15, 0.2) is 21.3 Å². The minimum atomic E-state index is -4.09. The normalized spacial score (nSPS) is 14.9. The molecule has 8 heteroatoms. The van der Waals surface area contributed by atoms with Gasteiger partial charge in [0.05, 0.1) is 24.5 Å². The number of carboxylic acids is 1. The summed E-state index contributed by atoms with van der Waals surface area (Å²) in [5, 5.41) is 8.23. The lowest BCUT2D eigenvalue weighted by molar-refractivity contribution is -0.137. The fourth-order valence-corrected chi connectivity index (χ4v) is 5.97. The van der Waals surface area contributed by atoms with Crippen molar-refractivity contribution in [1.82, 2.24) is 0 Å². The lowest BCUT2D eigenvalue weighted by atomic mass is 10.1. The number of para-hydroxylation sites is 1. The second kappa shape index (κ2) is 10.8. The van der Waals surface area contributed by atoms with E-state index in [-0.39, 0.29) is 11.0 Å². The maximum Gasteiger partial charge on any atom is 0.305 e. The van der Waals surface area contributed by atoms with Crippen molar-refractivity contribution in [2.45, 2.75) is 48.4 Å². The smallest absolute Gasteiger partial charge is 0.305 e. The number of carboxylic acid groups (broad SMARTS) is 1. The van der Waals surface area contributed by atoms with Crippen molar-refractivity contribution in [1.29, 1.82) is 0 Å². The Kier molecular flexibility index (Phi) is 7.60. The van der Waals surface area contributed by atoms with Crippen molar-refractivity contribution in [3.63, 3.8) is 0 Å². The highest BCUT2D eigenvalue weighted by atomic mass is 32.2. The van der Waals surface area contributed by atoms with E-state index in [1.54, 1.807) is 42.5 Å². The molecule has 0 spiro atoms. The number of aliphatic carboxylic acids is 1. The van der Waals surface area contributed by atoms with E-state index in [0.717, 1.165) is 25.7 Å². The van der Waals surface area contributed by atoms with Gasteiger partial charge in [0.1, 0.15) is 16.7 Å². The highest BCUT2D eigenvalue weighted by molar-refractivity contribution is 7.91. The maximum atomic E-state index is 13.7. The minimum Gasteiger partial charge on any atom is -0.493 e. The molecule has 1 fully saturated rings. The number of sulfone groups is 1. The summed E-state index contributed by atoms with van der Waals surface area (Å²) in [6, 6.07) is 20.0. The first-order chi connectivity index (χ1) is 16.9. The summed E-state index contributed by atoms with van der Waals surface area (Å²) < 4.78 is 44.7. The molecule has 1 aliphatic carbocycles. The van der Waals surface area contributed by atoms with Crippen molar-refractivity contribution in [3.8, 4) is 23.0 Å². The first kappa shape index (κ1) is 24.6. The molecule has 1 atom stereocenters. The van der Waals surface area contributed by atoms with E-state index in [1.165, 1.54) is 19.2 Å². The van der Waals surface area contributed by atoms with Gasteiger partial charge >= 0.3 is 5.97 Å². The lowest BCUT2D eigenvalue weighted by Crippen LogP contribution is -2.18. The van der Waals surface area contributed by atoms with E-state index in [1.807, 2.05) is 18.2 Å². The number of rotatable bonds is 10. The highest BCUT2D eigenvalue weighted by Gasteiger charge is 2.33. The summed E-state index contributed by atoms with van der Waals surface area (Å²) in [5.74, 6) is 0.564. The third kappa shape index (κ3) is 5.95. The summed E-state index contributed by atoms with van der Waals surface area (Å²) in [4.78, 5) is 11.7. The van der Waals surface area contributed by atoms with Gasteiger partial charge in [-0.3, -0.25) is 4.79 Å². The van der Waals surface area contributed by atoms with E-state index < -0.39 is 27.5 Å². The molecule has 1 unspecified atom stereocenters. The van der Waals surface area contributed by atoms with Crippen molar-refractivity contribution >= 4 is 15.8 Å². The molecule has 1 saturated carbocycles. The largest absolute Gasteiger partial charge is 0.493 e. The number of hydrogen-bond donors (Lipinski definition) is 1. The Morgan fingerprint density at radius 2 is 1.66 bits per heavy atom. The van der Waals surface area contributed by atoms with Crippen LogP contribution in [0, 0.1) is 0 Å². The van der Waals surface area contributed by atoms with Crippen LogP contribution >= 0.6 is 0 Å². The number of methoxy groups -OCH3 is 1. The predicted octanol–water partition coefficient (Wildman–Crippen LogP) is 5.80. The van der Waals surface area contributed by atoms with Gasteiger partial charge in [-0.1, -0.05) is 30.3 Å². The molecule has 0 saturated heterocycles. The first-order valence-corrected chi connectivity index (χ1v) is 13.0. The van der Waals surface area contributed by atoms with E-state index in [0.29, 0.717) is 28.6 Å². The van der Waals surface area contributed by atoms with Crippen LogP contribution in [-0.4, -0.2) is 32.7 Å². The van der Waals surface area contributed by atoms with E-state index in [9.17, 15) is 18.3 Å². The van der Waals surface area contributed by atoms with Crippen LogP contribution in [0.1, 0.15) is 42.9 Å². The van der Waals surface area contributed by atoms with Crippen LogP contribution in [-0.2, 0) is 14.6 Å². The first-order valence-electron chi connectivity index (χ1n) is 11.5. The Bertz CT molecular complexity index is 1270. The molecule has 0 amide bonds. The molecule has 1 N–H and O–H groups in total. The van der Waals surface area contributed by atoms with E-state index in [4.69, 9.17) is 14.2 Å². The molecule has 7 nitrogen and oxygen atoms in total. The molecule has 0 radical (unpaired) electrons. The van der Waals surface area contributed by atoms with Gasteiger partial charge in [-0.25, -0.2) is 8.42 Å². The van der Waals surface area contributed by atoms with Gasteiger partial charge in [-0.15, -0.1) is 0 Å². The predicted molar refractivity (Wildman–Crippen MR) is 131 cm³/mol. The van der Waals surface area contributed by atoms with E-state index >= 15 is 0 Å². The molecular formula is C27H28O7S. The second-order valence-electron chi connectivity index (χ2n) is 8.46. The number of carbonyl (C=O) groups is 1.